The standard InChI is InChI=1S/C18H22F3N5O2S/c1-18(12-6-2-4-10(12)8-11-5-3-7-13(11)18)23-17(27)25-29(22,28)15-14(19)9-26(24-15)16(20)21/h8-9,12,16H,2-7H2,1H3,(H3,22,23,25,27,28). The number of carbonyl (C=O) groups excluding carboxylic acids is 1. The number of aromatic nitrogens is 2. The number of halogens is 3. The van der Waals surface area contributed by atoms with E-state index in [0.717, 1.165) is 44.1 Å². The molecule has 1 aromatic heterocycles. The normalized spacial score (nSPS) is 28.1. The summed E-state index contributed by atoms with van der Waals surface area (Å²) in [7, 11) is -4.13. The number of urea groups is 1. The Morgan fingerprint density at radius 1 is 1.41 bits per heavy atom. The molecule has 0 aromatic carbocycles. The third-order valence-corrected chi connectivity index (χ3v) is 7.34. The van der Waals surface area contributed by atoms with Crippen LogP contribution in [0.4, 0.5) is 18.0 Å². The quantitative estimate of drug-likeness (QED) is 0.764. The maximum Gasteiger partial charge on any atom is 0.351 e. The summed E-state index contributed by atoms with van der Waals surface area (Å²) in [4.78, 5) is 12.7. The van der Waals surface area contributed by atoms with Gasteiger partial charge in [-0.2, -0.15) is 13.9 Å². The number of fused-ring (bicyclic) bond motifs is 1. The lowest BCUT2D eigenvalue weighted by atomic mass is 9.71. The highest BCUT2D eigenvalue weighted by Crippen LogP contribution is 2.50. The Balaban J connectivity index is 1.65. The van der Waals surface area contributed by atoms with Gasteiger partial charge in [-0.15, -0.1) is 4.36 Å². The lowest BCUT2D eigenvalue weighted by molar-refractivity contribution is 0.0552. The van der Waals surface area contributed by atoms with Crippen LogP contribution < -0.4 is 10.5 Å². The molecule has 158 valence electrons. The van der Waals surface area contributed by atoms with E-state index in [0.29, 0.717) is 6.20 Å². The van der Waals surface area contributed by atoms with Crippen LogP contribution in [0.1, 0.15) is 52.0 Å². The number of nitrogens with two attached hydrogens (primary N) is 1. The second kappa shape index (κ2) is 6.98. The van der Waals surface area contributed by atoms with E-state index in [4.69, 9.17) is 5.14 Å². The van der Waals surface area contributed by atoms with Gasteiger partial charge in [0.15, 0.2) is 15.7 Å². The van der Waals surface area contributed by atoms with E-state index in [1.807, 2.05) is 6.92 Å². The molecule has 1 fully saturated rings. The smallest absolute Gasteiger partial charge is 0.326 e. The van der Waals surface area contributed by atoms with Gasteiger partial charge in [0.05, 0.1) is 11.7 Å². The van der Waals surface area contributed by atoms with Crippen molar-refractivity contribution in [1.82, 2.24) is 15.1 Å². The summed E-state index contributed by atoms with van der Waals surface area (Å²) in [5.74, 6) is -1.19. The zero-order chi connectivity index (χ0) is 21.0. The molecule has 0 radical (unpaired) electrons. The fraction of sp³-hybridized carbons (Fsp3) is 0.556. The first kappa shape index (κ1) is 20.1. The molecule has 11 heteroatoms. The van der Waals surface area contributed by atoms with E-state index in [9.17, 15) is 22.2 Å². The van der Waals surface area contributed by atoms with Crippen LogP contribution in [0.25, 0.3) is 0 Å². The summed E-state index contributed by atoms with van der Waals surface area (Å²) in [5.41, 5.74) is 2.94. The van der Waals surface area contributed by atoms with E-state index in [1.165, 1.54) is 11.1 Å². The van der Waals surface area contributed by atoms with Crippen LogP contribution in [-0.4, -0.2) is 25.6 Å². The molecular formula is C18H22F3N5O2S. The molecule has 7 nitrogen and oxygen atoms in total. The Labute approximate surface area is 166 Å². The molecule has 3 aliphatic rings. The van der Waals surface area contributed by atoms with Crippen molar-refractivity contribution in [3.05, 3.63) is 34.8 Å². The highest BCUT2D eigenvalue weighted by molar-refractivity contribution is 7.91. The van der Waals surface area contributed by atoms with Crippen LogP contribution in [0.3, 0.4) is 0 Å². The molecule has 1 heterocycles. The van der Waals surface area contributed by atoms with Gasteiger partial charge < -0.3 is 5.32 Å². The summed E-state index contributed by atoms with van der Waals surface area (Å²) in [6, 6.07) is -0.974. The van der Waals surface area contributed by atoms with Crippen molar-refractivity contribution in [3.63, 3.8) is 0 Å². The van der Waals surface area contributed by atoms with E-state index in [2.05, 4.69) is 20.9 Å². The molecule has 29 heavy (non-hydrogen) atoms. The molecule has 1 saturated carbocycles. The summed E-state index contributed by atoms with van der Waals surface area (Å²) in [5, 5.41) is 10.6. The number of amides is 2. The molecular weight excluding hydrogens is 407 g/mol. The maximum absolute atomic E-state index is 13.9. The number of carbonyl (C=O) groups is 1. The van der Waals surface area contributed by atoms with Crippen LogP contribution in [-0.2, 0) is 9.92 Å². The van der Waals surface area contributed by atoms with Crippen LogP contribution in [0, 0.1) is 11.7 Å². The fourth-order valence-electron chi connectivity index (χ4n) is 4.88. The van der Waals surface area contributed by atoms with Crippen LogP contribution in [0.15, 0.2) is 38.4 Å². The minimum atomic E-state index is -4.13. The predicted molar refractivity (Wildman–Crippen MR) is 99.7 cm³/mol. The van der Waals surface area contributed by atoms with Crippen molar-refractivity contribution in [2.45, 2.75) is 62.6 Å². The number of rotatable bonds is 3. The molecule has 0 spiro atoms. The molecule has 0 saturated heterocycles. The van der Waals surface area contributed by atoms with E-state index < -0.39 is 38.9 Å². The van der Waals surface area contributed by atoms with Crippen LogP contribution in [0.2, 0.25) is 0 Å². The molecule has 3 N–H and O–H groups in total. The summed E-state index contributed by atoms with van der Waals surface area (Å²) in [6.45, 7) is -1.21. The molecule has 1 aromatic rings. The van der Waals surface area contributed by atoms with Crippen molar-refractivity contribution >= 4 is 15.9 Å². The molecule has 3 aliphatic carbocycles. The van der Waals surface area contributed by atoms with Crippen molar-refractivity contribution in [3.8, 4) is 0 Å². The van der Waals surface area contributed by atoms with Gasteiger partial charge in [-0.1, -0.05) is 11.6 Å². The monoisotopic (exact) mass is 429 g/mol. The lowest BCUT2D eigenvalue weighted by Crippen LogP contribution is -2.53. The van der Waals surface area contributed by atoms with Crippen molar-refractivity contribution in [2.24, 2.45) is 15.4 Å². The molecule has 0 bridgehead atoms. The topological polar surface area (TPSA) is 102 Å². The molecule has 3 atom stereocenters. The Hall–Kier alpha value is -2.14. The number of hydrogen-bond donors (Lipinski definition) is 2. The lowest BCUT2D eigenvalue weighted by Gasteiger charge is -2.41. The average molecular weight is 429 g/mol. The number of allylic oxidation sites excluding steroid dienone is 2. The van der Waals surface area contributed by atoms with E-state index >= 15 is 0 Å². The third-order valence-electron chi connectivity index (χ3n) is 6.07. The van der Waals surface area contributed by atoms with Gasteiger partial charge >= 0.3 is 12.6 Å². The maximum atomic E-state index is 13.9. The van der Waals surface area contributed by atoms with Crippen molar-refractivity contribution < 1.29 is 22.2 Å². The first-order chi connectivity index (χ1) is 13.6. The molecule has 4 rings (SSSR count). The van der Waals surface area contributed by atoms with Gasteiger partial charge in [0.1, 0.15) is 0 Å². The summed E-state index contributed by atoms with van der Waals surface area (Å²) < 4.78 is 55.4. The second-order valence-electron chi connectivity index (χ2n) is 7.85. The zero-order valence-corrected chi connectivity index (χ0v) is 16.6. The van der Waals surface area contributed by atoms with E-state index in [-0.39, 0.29) is 10.6 Å². The van der Waals surface area contributed by atoms with Gasteiger partial charge in [0.25, 0.3) is 0 Å². The zero-order valence-electron chi connectivity index (χ0n) is 15.8. The first-order valence-electron chi connectivity index (χ1n) is 9.44. The fourth-order valence-corrected chi connectivity index (χ4v) is 5.80. The highest BCUT2D eigenvalue weighted by atomic mass is 32.2. The van der Waals surface area contributed by atoms with Crippen LogP contribution >= 0.6 is 0 Å². The van der Waals surface area contributed by atoms with E-state index in [1.54, 1.807) is 0 Å². The van der Waals surface area contributed by atoms with Gasteiger partial charge in [-0.3, -0.25) is 0 Å². The number of nitrogens with one attached hydrogen (secondary N) is 1. The van der Waals surface area contributed by atoms with Crippen LogP contribution in [0.5, 0.6) is 0 Å². The number of hydrogen-bond acceptors (Lipinski definition) is 3. The van der Waals surface area contributed by atoms with Gasteiger partial charge in [0.2, 0.25) is 5.03 Å². The largest absolute Gasteiger partial charge is 0.351 e. The Morgan fingerprint density at radius 3 is 2.86 bits per heavy atom. The summed E-state index contributed by atoms with van der Waals surface area (Å²) >= 11 is 0. The van der Waals surface area contributed by atoms with Gasteiger partial charge in [-0.25, -0.2) is 23.2 Å². The molecule has 3 unspecified atom stereocenters. The Kier molecular flexibility index (Phi) is 4.85. The predicted octanol–water partition coefficient (Wildman–Crippen LogP) is 3.81. The number of alkyl halides is 2. The summed E-state index contributed by atoms with van der Waals surface area (Å²) in [6.07, 6.45) is 8.28. The average Bonchev–Trinajstić information content (AvgIpc) is 3.33. The SMILES string of the molecule is CC1(NC(=O)N=S(N)(=O)c2nn(C(F)F)cc2F)C2=C(C=C3CCCC31)CCC2. The van der Waals surface area contributed by atoms with Gasteiger partial charge in [0, 0.05) is 5.92 Å². The number of nitrogens with zero attached hydrogens (tertiary/aromatic N) is 3. The van der Waals surface area contributed by atoms with Crippen molar-refractivity contribution in [1.29, 1.82) is 0 Å². The Bertz CT molecular complexity index is 1050. The highest BCUT2D eigenvalue weighted by Gasteiger charge is 2.47. The molecule has 0 aliphatic heterocycles. The van der Waals surface area contributed by atoms with Crippen molar-refractivity contribution in [2.75, 3.05) is 0 Å². The first-order valence-corrected chi connectivity index (χ1v) is 11.0. The Morgan fingerprint density at radius 2 is 2.17 bits per heavy atom. The minimum absolute atomic E-state index is 0.0156. The second-order valence-corrected chi connectivity index (χ2v) is 9.56. The third kappa shape index (κ3) is 3.39. The minimum Gasteiger partial charge on any atom is -0.326 e. The molecule has 2 amide bonds. The van der Waals surface area contributed by atoms with Gasteiger partial charge in [-0.05, 0) is 56.6 Å².